The van der Waals surface area contributed by atoms with E-state index in [1.165, 1.54) is 37.1 Å². The Balaban J connectivity index is 1.88. The number of aryl methyl sites for hydroxylation is 1. The highest BCUT2D eigenvalue weighted by Crippen LogP contribution is 2.34. The number of rotatable bonds is 6. The van der Waals surface area contributed by atoms with Gasteiger partial charge < -0.3 is 14.8 Å². The molecule has 0 aromatic heterocycles. The third-order valence-electron chi connectivity index (χ3n) is 4.54. The molecule has 1 aliphatic heterocycles. The molecule has 0 atom stereocenters. The van der Waals surface area contributed by atoms with Crippen LogP contribution in [0.15, 0.2) is 41.3 Å². The summed E-state index contributed by atoms with van der Waals surface area (Å²) in [5, 5.41) is 2.74. The van der Waals surface area contributed by atoms with Gasteiger partial charge in [0.1, 0.15) is 18.0 Å². The Labute approximate surface area is 169 Å². The average Bonchev–Trinajstić information content (AvgIpc) is 2.70. The molecule has 154 valence electrons. The zero-order valence-corrected chi connectivity index (χ0v) is 17.2. The summed E-state index contributed by atoms with van der Waals surface area (Å²) in [7, 11) is -1.98. The van der Waals surface area contributed by atoms with E-state index in [1.807, 2.05) is 13.0 Å². The van der Waals surface area contributed by atoms with Crippen LogP contribution in [0.1, 0.15) is 12.5 Å². The third-order valence-corrected chi connectivity index (χ3v) is 6.28. The number of nitrogens with one attached hydrogen (secondary N) is 1. The van der Waals surface area contributed by atoms with Gasteiger partial charge in [-0.1, -0.05) is 13.0 Å². The lowest BCUT2D eigenvalue weighted by Gasteiger charge is -2.29. The molecule has 0 aliphatic carbocycles. The van der Waals surface area contributed by atoms with Crippen molar-refractivity contribution >= 4 is 33.0 Å². The van der Waals surface area contributed by atoms with Gasteiger partial charge >= 0.3 is 0 Å². The molecule has 3 rings (SSSR count). The molecular weight excluding hydrogens is 396 g/mol. The van der Waals surface area contributed by atoms with E-state index in [1.54, 1.807) is 12.1 Å². The van der Waals surface area contributed by atoms with Crippen molar-refractivity contribution in [2.24, 2.45) is 0 Å². The lowest BCUT2D eigenvalue weighted by atomic mass is 10.2. The fourth-order valence-corrected chi connectivity index (χ4v) is 3.87. The summed E-state index contributed by atoms with van der Waals surface area (Å²) in [5.74, 6) is -0.114. The Kier molecular flexibility index (Phi) is 5.78. The van der Waals surface area contributed by atoms with Crippen LogP contribution in [0.3, 0.4) is 0 Å². The highest BCUT2D eigenvalue weighted by atomic mass is 32.2. The topological polar surface area (TPSA) is 102 Å². The van der Waals surface area contributed by atoms with Crippen LogP contribution in [-0.2, 0) is 19.4 Å². The summed E-state index contributed by atoms with van der Waals surface area (Å²) in [6.45, 7) is 2.90. The van der Waals surface area contributed by atoms with Crippen molar-refractivity contribution in [2.75, 3.05) is 36.2 Å². The second-order valence-electron chi connectivity index (χ2n) is 6.55. The molecule has 0 radical (unpaired) electrons. The fourth-order valence-electron chi connectivity index (χ4n) is 2.97. The van der Waals surface area contributed by atoms with Crippen LogP contribution in [0.5, 0.6) is 11.5 Å². The second kappa shape index (κ2) is 8.12. The van der Waals surface area contributed by atoms with Crippen molar-refractivity contribution in [3.05, 3.63) is 42.0 Å². The summed E-state index contributed by atoms with van der Waals surface area (Å²) in [6.07, 6.45) is 0. The first-order valence-electron chi connectivity index (χ1n) is 8.99. The minimum absolute atomic E-state index is 0.0720. The van der Waals surface area contributed by atoms with Gasteiger partial charge in [-0.2, -0.15) is 0 Å². The molecule has 2 aromatic rings. The molecule has 2 amide bonds. The number of carbonyl (C=O) groups excluding carboxylic acids is 2. The number of sulfone groups is 1. The molecule has 1 N–H and O–H groups in total. The molecule has 0 spiro atoms. The largest absolute Gasteiger partial charge is 0.495 e. The molecule has 9 heteroatoms. The minimum Gasteiger partial charge on any atom is -0.495 e. The lowest BCUT2D eigenvalue weighted by Crippen LogP contribution is -2.43. The maximum absolute atomic E-state index is 12.6. The molecule has 0 bridgehead atoms. The fraction of sp³-hybridized carbons (Fsp3) is 0.300. The summed E-state index contributed by atoms with van der Waals surface area (Å²) in [4.78, 5) is 26.3. The van der Waals surface area contributed by atoms with Gasteiger partial charge in [-0.15, -0.1) is 0 Å². The number of anilines is 2. The Morgan fingerprint density at radius 2 is 2.00 bits per heavy atom. The van der Waals surface area contributed by atoms with Gasteiger partial charge in [0.25, 0.3) is 5.91 Å². The Morgan fingerprint density at radius 1 is 1.24 bits per heavy atom. The van der Waals surface area contributed by atoms with Crippen molar-refractivity contribution in [1.29, 1.82) is 0 Å². The zero-order chi connectivity index (χ0) is 21.2. The highest BCUT2D eigenvalue weighted by molar-refractivity contribution is 7.91. The highest BCUT2D eigenvalue weighted by Gasteiger charge is 2.29. The van der Waals surface area contributed by atoms with Crippen LogP contribution in [0.4, 0.5) is 11.4 Å². The van der Waals surface area contributed by atoms with Crippen LogP contribution >= 0.6 is 0 Å². The van der Waals surface area contributed by atoms with Gasteiger partial charge in [-0.3, -0.25) is 14.5 Å². The summed E-state index contributed by atoms with van der Waals surface area (Å²) < 4.78 is 35.0. The smallest absolute Gasteiger partial charge is 0.265 e. The maximum atomic E-state index is 12.6. The van der Waals surface area contributed by atoms with Gasteiger partial charge in [-0.05, 0) is 42.8 Å². The minimum atomic E-state index is -3.47. The third kappa shape index (κ3) is 4.34. The summed E-state index contributed by atoms with van der Waals surface area (Å²) in [6, 6.07) is 9.65. The van der Waals surface area contributed by atoms with Gasteiger partial charge in [-0.25, -0.2) is 8.42 Å². The van der Waals surface area contributed by atoms with Gasteiger partial charge in [0.15, 0.2) is 16.4 Å². The molecule has 29 heavy (non-hydrogen) atoms. The summed E-state index contributed by atoms with van der Waals surface area (Å²) >= 11 is 0. The van der Waals surface area contributed by atoms with E-state index < -0.39 is 21.7 Å². The number of carbonyl (C=O) groups is 2. The first-order valence-corrected chi connectivity index (χ1v) is 10.6. The van der Waals surface area contributed by atoms with E-state index in [9.17, 15) is 18.0 Å². The molecule has 0 saturated heterocycles. The molecule has 0 saturated carbocycles. The van der Waals surface area contributed by atoms with E-state index in [0.29, 0.717) is 17.2 Å². The predicted molar refractivity (Wildman–Crippen MR) is 108 cm³/mol. The first kappa shape index (κ1) is 20.7. The van der Waals surface area contributed by atoms with E-state index in [0.717, 1.165) is 5.56 Å². The number of amides is 2. The quantitative estimate of drug-likeness (QED) is 0.771. The standard InChI is InChI=1S/C20H22N2O6S/c1-4-29(25,26)14-6-8-18-16(10-14)22(20(24)12-28-18)11-19(23)21-15-9-13(2)5-7-17(15)27-3/h5-10H,4,11-12H2,1-3H3,(H,21,23). The van der Waals surface area contributed by atoms with Crippen molar-refractivity contribution in [3.63, 3.8) is 0 Å². The number of fused-ring (bicyclic) bond motifs is 1. The zero-order valence-electron chi connectivity index (χ0n) is 16.4. The van der Waals surface area contributed by atoms with Crippen molar-refractivity contribution in [2.45, 2.75) is 18.7 Å². The van der Waals surface area contributed by atoms with E-state index in [4.69, 9.17) is 9.47 Å². The number of benzene rings is 2. The molecular formula is C20H22N2O6S. The van der Waals surface area contributed by atoms with E-state index >= 15 is 0 Å². The van der Waals surface area contributed by atoms with Crippen molar-refractivity contribution in [1.82, 2.24) is 0 Å². The molecule has 2 aromatic carbocycles. The van der Waals surface area contributed by atoms with Crippen molar-refractivity contribution < 1.29 is 27.5 Å². The number of hydrogen-bond acceptors (Lipinski definition) is 6. The van der Waals surface area contributed by atoms with Crippen LogP contribution in [0, 0.1) is 6.92 Å². The molecule has 0 fully saturated rings. The Morgan fingerprint density at radius 3 is 2.69 bits per heavy atom. The average molecular weight is 418 g/mol. The van der Waals surface area contributed by atoms with Crippen LogP contribution < -0.4 is 19.7 Å². The van der Waals surface area contributed by atoms with E-state index in [-0.39, 0.29) is 29.5 Å². The lowest BCUT2D eigenvalue weighted by molar-refractivity contribution is -0.123. The Bertz CT molecular complexity index is 1060. The monoisotopic (exact) mass is 418 g/mol. The molecule has 1 aliphatic rings. The maximum Gasteiger partial charge on any atom is 0.265 e. The van der Waals surface area contributed by atoms with E-state index in [2.05, 4.69) is 5.32 Å². The Hall–Kier alpha value is -3.07. The number of nitrogens with zero attached hydrogens (tertiary/aromatic N) is 1. The second-order valence-corrected chi connectivity index (χ2v) is 8.83. The number of methoxy groups -OCH3 is 1. The van der Waals surface area contributed by atoms with Crippen LogP contribution in [-0.4, -0.2) is 46.2 Å². The molecule has 8 nitrogen and oxygen atoms in total. The predicted octanol–water partition coefficient (Wildman–Crippen LogP) is 2.16. The number of hydrogen-bond donors (Lipinski definition) is 1. The number of ether oxygens (including phenoxy) is 2. The van der Waals surface area contributed by atoms with Crippen LogP contribution in [0.2, 0.25) is 0 Å². The van der Waals surface area contributed by atoms with Gasteiger partial charge in [0, 0.05) is 0 Å². The molecule has 0 unspecified atom stereocenters. The SMILES string of the molecule is CCS(=O)(=O)c1ccc2c(c1)N(CC(=O)Nc1cc(C)ccc1OC)C(=O)CO2. The first-order chi connectivity index (χ1) is 13.7. The van der Waals surface area contributed by atoms with Gasteiger partial charge in [0.2, 0.25) is 5.91 Å². The normalized spacial score (nSPS) is 13.5. The van der Waals surface area contributed by atoms with Crippen molar-refractivity contribution in [3.8, 4) is 11.5 Å². The van der Waals surface area contributed by atoms with Gasteiger partial charge in [0.05, 0.1) is 29.1 Å². The summed E-state index contributed by atoms with van der Waals surface area (Å²) in [5.41, 5.74) is 1.67. The molecule has 1 heterocycles. The van der Waals surface area contributed by atoms with Crippen LogP contribution in [0.25, 0.3) is 0 Å².